The zero-order valence-corrected chi connectivity index (χ0v) is 12.4. The van der Waals surface area contributed by atoms with Gasteiger partial charge >= 0.3 is 0 Å². The molecule has 1 N–H and O–H groups in total. The first-order chi connectivity index (χ1) is 8.98. The van der Waals surface area contributed by atoms with E-state index in [9.17, 15) is 4.79 Å². The molecular weight excluding hydrogens is 240 g/mol. The van der Waals surface area contributed by atoms with E-state index in [2.05, 4.69) is 16.9 Å². The minimum atomic E-state index is -0.399. The minimum Gasteiger partial charge on any atom is -0.367 e. The fourth-order valence-electron chi connectivity index (χ4n) is 3.05. The highest BCUT2D eigenvalue weighted by atomic mass is 16.5. The molecule has 4 heteroatoms. The highest BCUT2D eigenvalue weighted by Crippen LogP contribution is 2.41. The molecule has 1 aromatic rings. The van der Waals surface area contributed by atoms with Gasteiger partial charge in [0, 0.05) is 17.9 Å². The molecular formula is C15H24N2O2. The second-order valence-electron chi connectivity index (χ2n) is 5.75. The molecule has 0 aliphatic heterocycles. The van der Waals surface area contributed by atoms with E-state index >= 15 is 0 Å². The monoisotopic (exact) mass is 264 g/mol. The van der Waals surface area contributed by atoms with Crippen molar-refractivity contribution in [3.8, 4) is 0 Å². The van der Waals surface area contributed by atoms with E-state index in [1.165, 1.54) is 6.42 Å². The van der Waals surface area contributed by atoms with Crippen LogP contribution in [0.5, 0.6) is 0 Å². The molecule has 0 spiro atoms. The largest absolute Gasteiger partial charge is 0.367 e. The smallest absolute Gasteiger partial charge is 0.254 e. The summed E-state index contributed by atoms with van der Waals surface area (Å²) in [6.07, 6.45) is 4.23. The van der Waals surface area contributed by atoms with E-state index in [0.29, 0.717) is 23.9 Å². The van der Waals surface area contributed by atoms with Gasteiger partial charge in [-0.3, -0.25) is 4.79 Å². The van der Waals surface area contributed by atoms with Crippen LogP contribution in [0.3, 0.4) is 0 Å². The molecule has 0 amide bonds. The van der Waals surface area contributed by atoms with Crippen LogP contribution in [0.25, 0.3) is 0 Å². The first kappa shape index (κ1) is 14.3. The Morgan fingerprint density at radius 1 is 1.47 bits per heavy atom. The minimum absolute atomic E-state index is 0.0418. The number of aromatic amines is 1. The number of H-pyrrole nitrogens is 1. The van der Waals surface area contributed by atoms with Crippen LogP contribution < -0.4 is 5.56 Å². The van der Waals surface area contributed by atoms with Gasteiger partial charge in [0.1, 0.15) is 11.4 Å². The third-order valence-corrected chi connectivity index (χ3v) is 4.20. The van der Waals surface area contributed by atoms with Gasteiger partial charge in [-0.2, -0.15) is 0 Å². The SMILES string of the molecule is CCOC1(c2nc(C)c(C)c(=O)[nH]2)CCCC(C)C1. The third-order valence-electron chi connectivity index (χ3n) is 4.20. The number of hydrogen-bond donors (Lipinski definition) is 1. The number of rotatable bonds is 3. The lowest BCUT2D eigenvalue weighted by atomic mass is 9.78. The molecule has 1 heterocycles. The van der Waals surface area contributed by atoms with Gasteiger partial charge < -0.3 is 9.72 Å². The van der Waals surface area contributed by atoms with E-state index in [4.69, 9.17) is 4.74 Å². The zero-order chi connectivity index (χ0) is 14.0. The molecule has 1 aromatic heterocycles. The molecule has 1 fully saturated rings. The maximum Gasteiger partial charge on any atom is 0.254 e. The third kappa shape index (κ3) is 2.73. The quantitative estimate of drug-likeness (QED) is 0.913. The summed E-state index contributed by atoms with van der Waals surface area (Å²) in [7, 11) is 0. The molecule has 106 valence electrons. The summed E-state index contributed by atoms with van der Waals surface area (Å²) < 4.78 is 6.04. The van der Waals surface area contributed by atoms with Crippen molar-refractivity contribution in [1.82, 2.24) is 9.97 Å². The highest BCUT2D eigenvalue weighted by molar-refractivity contribution is 5.17. The van der Waals surface area contributed by atoms with Crippen molar-refractivity contribution in [1.29, 1.82) is 0 Å². The average Bonchev–Trinajstić information content (AvgIpc) is 2.35. The van der Waals surface area contributed by atoms with Gasteiger partial charge in [0.25, 0.3) is 5.56 Å². The summed E-state index contributed by atoms with van der Waals surface area (Å²) in [6.45, 7) is 8.58. The maximum atomic E-state index is 12.0. The lowest BCUT2D eigenvalue weighted by Gasteiger charge is -2.38. The lowest BCUT2D eigenvalue weighted by Crippen LogP contribution is -2.39. The molecule has 0 saturated heterocycles. The van der Waals surface area contributed by atoms with E-state index in [1.54, 1.807) is 0 Å². The van der Waals surface area contributed by atoms with Crippen LogP contribution in [0, 0.1) is 19.8 Å². The number of nitrogens with zero attached hydrogens (tertiary/aromatic N) is 1. The maximum absolute atomic E-state index is 12.0. The molecule has 2 rings (SSSR count). The number of ether oxygens (including phenoxy) is 1. The molecule has 4 nitrogen and oxygen atoms in total. The van der Waals surface area contributed by atoms with Gasteiger partial charge in [-0.15, -0.1) is 0 Å². The molecule has 1 aliphatic rings. The second-order valence-corrected chi connectivity index (χ2v) is 5.75. The van der Waals surface area contributed by atoms with Crippen LogP contribution in [0.2, 0.25) is 0 Å². The summed E-state index contributed by atoms with van der Waals surface area (Å²) >= 11 is 0. The fourth-order valence-corrected chi connectivity index (χ4v) is 3.05. The second kappa shape index (κ2) is 5.45. The van der Waals surface area contributed by atoms with Crippen molar-refractivity contribution in [3.05, 3.63) is 27.4 Å². The average molecular weight is 264 g/mol. The Kier molecular flexibility index (Phi) is 4.09. The van der Waals surface area contributed by atoms with Crippen molar-refractivity contribution in [3.63, 3.8) is 0 Å². The topological polar surface area (TPSA) is 55.0 Å². The van der Waals surface area contributed by atoms with Gasteiger partial charge in [0.15, 0.2) is 0 Å². The number of hydrogen-bond acceptors (Lipinski definition) is 3. The molecule has 2 atom stereocenters. The van der Waals surface area contributed by atoms with Crippen LogP contribution in [-0.4, -0.2) is 16.6 Å². The van der Waals surface area contributed by atoms with Gasteiger partial charge in [-0.25, -0.2) is 4.98 Å². The van der Waals surface area contributed by atoms with Gasteiger partial charge in [-0.05, 0) is 46.0 Å². The first-order valence-electron chi connectivity index (χ1n) is 7.20. The lowest BCUT2D eigenvalue weighted by molar-refractivity contribution is -0.0883. The summed E-state index contributed by atoms with van der Waals surface area (Å²) in [5, 5.41) is 0. The van der Waals surface area contributed by atoms with Crippen molar-refractivity contribution in [2.75, 3.05) is 6.61 Å². The standard InChI is InChI=1S/C15H24N2O2/c1-5-19-15(8-6-7-10(2)9-15)14-16-12(4)11(3)13(18)17-14/h10H,5-9H2,1-4H3,(H,16,17,18). The van der Waals surface area contributed by atoms with E-state index in [-0.39, 0.29) is 5.56 Å². The summed E-state index contributed by atoms with van der Waals surface area (Å²) in [5.41, 5.74) is 1.06. The van der Waals surface area contributed by atoms with Crippen molar-refractivity contribution < 1.29 is 4.74 Å². The van der Waals surface area contributed by atoms with Gasteiger partial charge in [0.2, 0.25) is 0 Å². The Hall–Kier alpha value is -1.16. The molecule has 19 heavy (non-hydrogen) atoms. The Balaban J connectivity index is 2.47. The molecule has 2 unspecified atom stereocenters. The summed E-state index contributed by atoms with van der Waals surface area (Å²) in [6, 6.07) is 0. The van der Waals surface area contributed by atoms with Crippen molar-refractivity contribution in [2.45, 2.75) is 59.0 Å². The van der Waals surface area contributed by atoms with Crippen molar-refractivity contribution >= 4 is 0 Å². The van der Waals surface area contributed by atoms with E-state index in [1.807, 2.05) is 20.8 Å². The van der Waals surface area contributed by atoms with Gasteiger partial charge in [0.05, 0.1) is 0 Å². The zero-order valence-electron chi connectivity index (χ0n) is 12.4. The molecule has 0 radical (unpaired) electrons. The summed E-state index contributed by atoms with van der Waals surface area (Å²) in [5.74, 6) is 1.32. The highest BCUT2D eigenvalue weighted by Gasteiger charge is 2.39. The normalized spacial score (nSPS) is 27.5. The molecule has 1 aliphatic carbocycles. The molecule has 1 saturated carbocycles. The fraction of sp³-hybridized carbons (Fsp3) is 0.733. The Bertz CT molecular complexity index is 505. The number of nitrogens with one attached hydrogen (secondary N) is 1. The predicted octanol–water partition coefficient (Wildman–Crippen LogP) is 2.83. The first-order valence-corrected chi connectivity index (χ1v) is 7.20. The summed E-state index contributed by atoms with van der Waals surface area (Å²) in [4.78, 5) is 19.5. The Labute approximate surface area is 114 Å². The van der Waals surface area contributed by atoms with Crippen LogP contribution in [0.4, 0.5) is 0 Å². The van der Waals surface area contributed by atoms with Crippen LogP contribution in [0.1, 0.15) is 56.6 Å². The van der Waals surface area contributed by atoms with Crippen LogP contribution in [0.15, 0.2) is 4.79 Å². The molecule has 0 bridgehead atoms. The van der Waals surface area contributed by atoms with Crippen LogP contribution in [-0.2, 0) is 10.3 Å². The van der Waals surface area contributed by atoms with E-state index < -0.39 is 5.60 Å². The van der Waals surface area contributed by atoms with Gasteiger partial charge in [-0.1, -0.05) is 13.3 Å². The number of aromatic nitrogens is 2. The van der Waals surface area contributed by atoms with Crippen LogP contribution >= 0.6 is 0 Å². The molecule has 0 aromatic carbocycles. The number of aryl methyl sites for hydroxylation is 1. The van der Waals surface area contributed by atoms with Crippen molar-refractivity contribution in [2.24, 2.45) is 5.92 Å². The predicted molar refractivity (Wildman–Crippen MR) is 75.3 cm³/mol. The Morgan fingerprint density at radius 3 is 2.79 bits per heavy atom. The van der Waals surface area contributed by atoms with E-state index in [0.717, 1.165) is 25.0 Å². The Morgan fingerprint density at radius 2 is 2.21 bits per heavy atom.